The molecule has 4 nitrogen and oxygen atoms in total. The van der Waals surface area contributed by atoms with Crippen LogP contribution < -0.4 is 9.80 Å². The van der Waals surface area contributed by atoms with Gasteiger partial charge in [-0.3, -0.25) is 0 Å². The molecule has 1 aliphatic heterocycles. The van der Waals surface area contributed by atoms with Gasteiger partial charge in [0.15, 0.2) is 0 Å². The molecule has 5 atom stereocenters. The van der Waals surface area contributed by atoms with E-state index in [1.807, 2.05) is 0 Å². The summed E-state index contributed by atoms with van der Waals surface area (Å²) in [6.45, 7) is 0. The summed E-state index contributed by atoms with van der Waals surface area (Å²) in [5.41, 5.74) is 16.5. The van der Waals surface area contributed by atoms with E-state index in [4.69, 9.17) is 0 Å². The van der Waals surface area contributed by atoms with E-state index in [9.17, 15) is 0 Å². The highest BCUT2D eigenvalue weighted by atomic mass is 15.2. The molecule has 14 rings (SSSR count). The second kappa shape index (κ2) is 16.7. The summed E-state index contributed by atoms with van der Waals surface area (Å²) in [4.78, 5) is 4.97. The fourth-order valence-corrected chi connectivity index (χ4v) is 12.7. The summed E-state index contributed by atoms with van der Waals surface area (Å²) in [7, 11) is 0. The van der Waals surface area contributed by atoms with E-state index < -0.39 is 0 Å². The highest BCUT2D eigenvalue weighted by molar-refractivity contribution is 6.12. The van der Waals surface area contributed by atoms with Crippen molar-refractivity contribution >= 4 is 83.3 Å². The Morgan fingerprint density at radius 1 is 0.457 bits per heavy atom. The van der Waals surface area contributed by atoms with E-state index in [1.165, 1.54) is 77.4 Å². The van der Waals surface area contributed by atoms with Crippen LogP contribution in [0.25, 0.3) is 54.9 Å². The third-order valence-corrected chi connectivity index (χ3v) is 15.8. The van der Waals surface area contributed by atoms with Crippen molar-refractivity contribution in [2.24, 2.45) is 11.8 Å². The lowest BCUT2D eigenvalue weighted by atomic mass is 9.70. The molecule has 10 aromatic rings. The first-order valence-electron chi connectivity index (χ1n) is 25.1. The van der Waals surface area contributed by atoms with Crippen molar-refractivity contribution in [3.05, 3.63) is 260 Å². The SMILES string of the molecule is C1=CC2[C@H](C=C1)C1CC(c3ccccc3C3=CCC(n4c5ccccc5c5ccc(N(c6ccccc6)c6ccccc6)cc54)C=C3)CC=C1n1c3ccccc3c3ccc(cc31)N2c1ccccc1. The molecule has 4 aliphatic rings. The Hall–Kier alpha value is -8.34. The summed E-state index contributed by atoms with van der Waals surface area (Å²) >= 11 is 0. The molecule has 0 amide bonds. The molecule has 0 N–H and O–H groups in total. The molecular weight excluding hydrogens is 849 g/mol. The number of hydrogen-bond donors (Lipinski definition) is 0. The highest BCUT2D eigenvalue weighted by Gasteiger charge is 2.40. The zero-order chi connectivity index (χ0) is 46.1. The molecule has 0 spiro atoms. The summed E-state index contributed by atoms with van der Waals surface area (Å²) in [5.74, 6) is 0.888. The number of allylic oxidation sites excluding steroid dienone is 8. The summed E-state index contributed by atoms with van der Waals surface area (Å²) in [6, 6.07) is 74.2. The zero-order valence-corrected chi connectivity index (χ0v) is 39.0. The molecule has 3 aliphatic carbocycles. The van der Waals surface area contributed by atoms with Gasteiger partial charge in [0.05, 0.1) is 28.6 Å². The van der Waals surface area contributed by atoms with Gasteiger partial charge in [0.25, 0.3) is 0 Å². The molecule has 70 heavy (non-hydrogen) atoms. The second-order valence-electron chi connectivity index (χ2n) is 19.5. The molecule has 0 radical (unpaired) electrons. The van der Waals surface area contributed by atoms with Gasteiger partial charge in [0.1, 0.15) is 0 Å². The largest absolute Gasteiger partial charge is 0.334 e. The molecule has 8 aromatic carbocycles. The topological polar surface area (TPSA) is 16.3 Å². The average Bonchev–Trinajstić information content (AvgIpc) is 3.95. The molecule has 4 unspecified atom stereocenters. The van der Waals surface area contributed by atoms with Crippen LogP contribution in [0.3, 0.4) is 0 Å². The van der Waals surface area contributed by atoms with Gasteiger partial charge >= 0.3 is 0 Å². The lowest BCUT2D eigenvalue weighted by Crippen LogP contribution is -2.41. The third-order valence-electron chi connectivity index (χ3n) is 15.8. The zero-order valence-electron chi connectivity index (χ0n) is 39.0. The van der Waals surface area contributed by atoms with E-state index >= 15 is 0 Å². The third kappa shape index (κ3) is 6.58. The van der Waals surface area contributed by atoms with E-state index in [1.54, 1.807) is 0 Å². The molecule has 3 heterocycles. The van der Waals surface area contributed by atoms with E-state index in [0.29, 0.717) is 5.92 Å². The van der Waals surface area contributed by atoms with Crippen molar-refractivity contribution in [3.8, 4) is 0 Å². The highest BCUT2D eigenvalue weighted by Crippen LogP contribution is 2.51. The predicted molar refractivity (Wildman–Crippen MR) is 295 cm³/mol. The van der Waals surface area contributed by atoms with Crippen LogP contribution in [0.2, 0.25) is 0 Å². The maximum atomic E-state index is 2.63. The van der Waals surface area contributed by atoms with Crippen LogP contribution in [0.4, 0.5) is 28.4 Å². The normalized spacial score (nSPS) is 20.5. The van der Waals surface area contributed by atoms with Gasteiger partial charge in [-0.05, 0) is 115 Å². The van der Waals surface area contributed by atoms with Crippen molar-refractivity contribution in [2.45, 2.75) is 37.3 Å². The molecule has 4 heteroatoms. The van der Waals surface area contributed by atoms with Gasteiger partial charge in [-0.1, -0.05) is 176 Å². The first kappa shape index (κ1) is 40.7. The number of nitrogens with zero attached hydrogens (tertiary/aromatic N) is 4. The fourth-order valence-electron chi connectivity index (χ4n) is 12.7. The Kier molecular flexibility index (Phi) is 9.72. The Labute approximate surface area is 409 Å². The van der Waals surface area contributed by atoms with Gasteiger partial charge in [0, 0.05) is 73.0 Å². The fraction of sp³-hybridized carbons (Fsp3) is 0.121. The second-order valence-corrected chi connectivity index (χ2v) is 19.5. The quantitative estimate of drug-likeness (QED) is 0.158. The maximum absolute atomic E-state index is 2.63. The Morgan fingerprint density at radius 3 is 1.87 bits per heavy atom. The minimum absolute atomic E-state index is 0.153. The Bertz CT molecular complexity index is 3750. The van der Waals surface area contributed by atoms with Crippen molar-refractivity contribution in [1.82, 2.24) is 9.13 Å². The van der Waals surface area contributed by atoms with E-state index in [-0.39, 0.29) is 23.9 Å². The molecule has 336 valence electrons. The van der Waals surface area contributed by atoms with Crippen LogP contribution in [-0.4, -0.2) is 15.2 Å². The van der Waals surface area contributed by atoms with Crippen molar-refractivity contribution in [3.63, 3.8) is 0 Å². The summed E-state index contributed by atoms with van der Waals surface area (Å²) in [6.07, 6.45) is 22.5. The smallest absolute Gasteiger partial charge is 0.0594 e. The monoisotopic (exact) mass is 900 g/mol. The Balaban J connectivity index is 0.839. The van der Waals surface area contributed by atoms with Crippen LogP contribution >= 0.6 is 0 Å². The molecule has 0 fully saturated rings. The minimum atomic E-state index is 0.153. The van der Waals surface area contributed by atoms with Crippen molar-refractivity contribution < 1.29 is 0 Å². The van der Waals surface area contributed by atoms with Crippen LogP contribution in [0.15, 0.2) is 249 Å². The van der Waals surface area contributed by atoms with Gasteiger partial charge < -0.3 is 18.9 Å². The number of hydrogen-bond acceptors (Lipinski definition) is 2. The predicted octanol–water partition coefficient (Wildman–Crippen LogP) is 17.3. The average molecular weight is 901 g/mol. The van der Waals surface area contributed by atoms with E-state index in [2.05, 4.69) is 268 Å². The minimum Gasteiger partial charge on any atom is -0.334 e. The van der Waals surface area contributed by atoms with Gasteiger partial charge in [-0.2, -0.15) is 0 Å². The van der Waals surface area contributed by atoms with Crippen LogP contribution in [0, 0.1) is 11.8 Å². The van der Waals surface area contributed by atoms with Crippen molar-refractivity contribution in [2.75, 3.05) is 9.80 Å². The lowest BCUT2D eigenvalue weighted by molar-refractivity contribution is 0.368. The number of rotatable bonds is 7. The van der Waals surface area contributed by atoms with Crippen LogP contribution in [-0.2, 0) is 0 Å². The number of anilines is 5. The van der Waals surface area contributed by atoms with Crippen molar-refractivity contribution in [1.29, 1.82) is 0 Å². The standard InChI is InChI=1S/C66H52N4/c1-4-18-47(19-5-1)67(48-20-6-2-7-21-48)51-37-39-58-55-26-12-16-30-62(55)69(65(58)43-51)50-35-32-45(33-36-50)53-24-10-11-25-54(53)46-34-41-64-60(42-46)57-28-14-15-29-61(57)68(49-22-8-3-9-23-49)52-38-40-59-56-27-13-17-31-63(56)70(64)66(59)44-52/h1-33,35,37-41,43-44,46,50,57,60-61H,34,36,42H2/t46?,50?,57-,60?,61?/m1/s1. The van der Waals surface area contributed by atoms with Crippen LogP contribution in [0.1, 0.15) is 42.3 Å². The molecule has 2 bridgehead atoms. The van der Waals surface area contributed by atoms with Gasteiger partial charge in [0.2, 0.25) is 0 Å². The number of fused-ring (bicyclic) bond motifs is 11. The number of para-hydroxylation sites is 5. The first-order chi connectivity index (χ1) is 34.7. The molecular formula is C66H52N4. The first-order valence-corrected chi connectivity index (χ1v) is 25.1. The van der Waals surface area contributed by atoms with E-state index in [0.717, 1.165) is 36.3 Å². The van der Waals surface area contributed by atoms with Gasteiger partial charge in [-0.25, -0.2) is 0 Å². The number of benzene rings is 8. The number of aromatic nitrogens is 2. The molecule has 2 aromatic heterocycles. The lowest BCUT2D eigenvalue weighted by Gasteiger charge is -2.43. The Morgan fingerprint density at radius 2 is 1.10 bits per heavy atom. The maximum Gasteiger partial charge on any atom is 0.0594 e. The van der Waals surface area contributed by atoms with Crippen LogP contribution in [0.5, 0.6) is 0 Å². The molecule has 0 saturated heterocycles. The summed E-state index contributed by atoms with van der Waals surface area (Å²) in [5, 5.41) is 5.20. The van der Waals surface area contributed by atoms with Gasteiger partial charge in [-0.15, -0.1) is 0 Å². The molecule has 0 saturated carbocycles. The summed E-state index contributed by atoms with van der Waals surface area (Å²) < 4.78 is 5.21.